The van der Waals surface area contributed by atoms with Crippen molar-refractivity contribution in [1.82, 2.24) is 10.3 Å². The highest BCUT2D eigenvalue weighted by molar-refractivity contribution is 6.31. The number of nitrogens with zero attached hydrogens (tertiary/aromatic N) is 2. The molecule has 1 saturated heterocycles. The van der Waals surface area contributed by atoms with Crippen molar-refractivity contribution in [2.24, 2.45) is 0 Å². The molecule has 2 aromatic rings. The molecule has 4 nitrogen and oxygen atoms in total. The molecular formula is C14H18ClN3O. The lowest BCUT2D eigenvalue weighted by Crippen LogP contribution is -2.30. The third-order valence-corrected chi connectivity index (χ3v) is 3.90. The molecule has 2 heterocycles. The number of fused-ring (bicyclic) bond motifs is 1. The lowest BCUT2D eigenvalue weighted by Gasteiger charge is -2.17. The maximum atomic E-state index is 5.97. The lowest BCUT2D eigenvalue weighted by atomic mass is 10.1. The van der Waals surface area contributed by atoms with Gasteiger partial charge < -0.3 is 14.6 Å². The van der Waals surface area contributed by atoms with E-state index in [0.717, 1.165) is 43.6 Å². The Morgan fingerprint density at radius 1 is 1.47 bits per heavy atom. The maximum absolute atomic E-state index is 5.97. The maximum Gasteiger partial charge on any atom is 0.298 e. The summed E-state index contributed by atoms with van der Waals surface area (Å²) in [7, 11) is 0. The molecule has 1 unspecified atom stereocenters. The lowest BCUT2D eigenvalue weighted by molar-refractivity contribution is 0.508. The Hall–Kier alpha value is -1.26. The van der Waals surface area contributed by atoms with Crippen LogP contribution in [0.5, 0.6) is 0 Å². The van der Waals surface area contributed by atoms with Crippen LogP contribution in [0.2, 0.25) is 5.02 Å². The molecule has 1 atom stereocenters. The second-order valence-corrected chi connectivity index (χ2v) is 5.38. The van der Waals surface area contributed by atoms with Crippen LogP contribution in [0.4, 0.5) is 6.01 Å². The van der Waals surface area contributed by atoms with Crippen LogP contribution in [0.25, 0.3) is 11.1 Å². The summed E-state index contributed by atoms with van der Waals surface area (Å²) < 4.78 is 5.82. The van der Waals surface area contributed by atoms with Crippen molar-refractivity contribution in [2.45, 2.75) is 25.8 Å². The molecule has 0 amide bonds. The van der Waals surface area contributed by atoms with Crippen LogP contribution in [0.3, 0.4) is 0 Å². The predicted molar refractivity (Wildman–Crippen MR) is 77.9 cm³/mol. The van der Waals surface area contributed by atoms with Crippen molar-refractivity contribution in [2.75, 3.05) is 24.5 Å². The van der Waals surface area contributed by atoms with Crippen LogP contribution in [-0.4, -0.2) is 30.7 Å². The average molecular weight is 280 g/mol. The summed E-state index contributed by atoms with van der Waals surface area (Å²) in [5, 5.41) is 4.23. The van der Waals surface area contributed by atoms with Gasteiger partial charge in [-0.15, -0.1) is 0 Å². The molecule has 102 valence electrons. The molecule has 0 aliphatic carbocycles. The summed E-state index contributed by atoms with van der Waals surface area (Å²) in [5.74, 6) is 0. The zero-order chi connectivity index (χ0) is 13.2. The molecule has 0 saturated carbocycles. The van der Waals surface area contributed by atoms with Gasteiger partial charge in [0.2, 0.25) is 0 Å². The van der Waals surface area contributed by atoms with E-state index in [1.165, 1.54) is 0 Å². The highest BCUT2D eigenvalue weighted by Crippen LogP contribution is 2.25. The second-order valence-electron chi connectivity index (χ2n) is 4.94. The van der Waals surface area contributed by atoms with E-state index >= 15 is 0 Å². The molecule has 1 fully saturated rings. The monoisotopic (exact) mass is 279 g/mol. The zero-order valence-corrected chi connectivity index (χ0v) is 11.8. The highest BCUT2D eigenvalue weighted by Gasteiger charge is 2.19. The molecule has 0 spiro atoms. The Morgan fingerprint density at radius 2 is 2.37 bits per heavy atom. The highest BCUT2D eigenvalue weighted by atomic mass is 35.5. The van der Waals surface area contributed by atoms with Gasteiger partial charge in [-0.25, -0.2) is 0 Å². The number of anilines is 1. The first kappa shape index (κ1) is 12.8. The van der Waals surface area contributed by atoms with E-state index in [0.29, 0.717) is 17.1 Å². The SMILES string of the molecule is CCC1CCN(c2nc3cc(Cl)ccc3o2)CCN1. The Bertz CT molecular complexity index is 569. The number of hydrogen-bond acceptors (Lipinski definition) is 4. The quantitative estimate of drug-likeness (QED) is 0.917. The van der Waals surface area contributed by atoms with Crippen LogP contribution >= 0.6 is 11.6 Å². The summed E-state index contributed by atoms with van der Waals surface area (Å²) in [6, 6.07) is 6.85. The summed E-state index contributed by atoms with van der Waals surface area (Å²) in [6.45, 7) is 5.09. The van der Waals surface area contributed by atoms with E-state index in [4.69, 9.17) is 16.0 Å². The third kappa shape index (κ3) is 2.69. The topological polar surface area (TPSA) is 41.3 Å². The van der Waals surface area contributed by atoms with E-state index in [-0.39, 0.29) is 0 Å². The van der Waals surface area contributed by atoms with Crippen LogP contribution in [0.1, 0.15) is 19.8 Å². The average Bonchev–Trinajstić information content (AvgIpc) is 2.68. The van der Waals surface area contributed by atoms with Gasteiger partial charge in [0.15, 0.2) is 5.58 Å². The first-order valence-electron chi connectivity index (χ1n) is 6.80. The molecular weight excluding hydrogens is 262 g/mol. The Balaban J connectivity index is 1.83. The summed E-state index contributed by atoms with van der Waals surface area (Å²) in [6.07, 6.45) is 2.28. The third-order valence-electron chi connectivity index (χ3n) is 3.66. The van der Waals surface area contributed by atoms with Crippen molar-refractivity contribution in [3.63, 3.8) is 0 Å². The Labute approximate surface area is 117 Å². The van der Waals surface area contributed by atoms with Crippen molar-refractivity contribution in [3.05, 3.63) is 23.2 Å². The predicted octanol–water partition coefficient (Wildman–Crippen LogP) is 3.06. The van der Waals surface area contributed by atoms with Gasteiger partial charge in [0.05, 0.1) is 0 Å². The van der Waals surface area contributed by atoms with Gasteiger partial charge >= 0.3 is 0 Å². The molecule has 1 aliphatic rings. The van der Waals surface area contributed by atoms with E-state index in [1.807, 2.05) is 18.2 Å². The van der Waals surface area contributed by atoms with Crippen LogP contribution < -0.4 is 10.2 Å². The van der Waals surface area contributed by atoms with Gasteiger partial charge in [-0.3, -0.25) is 0 Å². The van der Waals surface area contributed by atoms with Gasteiger partial charge in [-0.1, -0.05) is 18.5 Å². The molecule has 0 radical (unpaired) electrons. The van der Waals surface area contributed by atoms with Crippen molar-refractivity contribution >= 4 is 28.7 Å². The van der Waals surface area contributed by atoms with E-state index < -0.39 is 0 Å². The Morgan fingerprint density at radius 3 is 3.21 bits per heavy atom. The number of benzene rings is 1. The number of nitrogens with one attached hydrogen (secondary N) is 1. The first-order valence-corrected chi connectivity index (χ1v) is 7.18. The van der Waals surface area contributed by atoms with Gasteiger partial charge in [-0.2, -0.15) is 4.98 Å². The smallest absolute Gasteiger partial charge is 0.298 e. The summed E-state index contributed by atoms with van der Waals surface area (Å²) >= 11 is 5.97. The Kier molecular flexibility index (Phi) is 3.62. The molecule has 0 bridgehead atoms. The van der Waals surface area contributed by atoms with Crippen LogP contribution in [-0.2, 0) is 0 Å². The first-order chi connectivity index (χ1) is 9.26. The van der Waals surface area contributed by atoms with Gasteiger partial charge in [0.1, 0.15) is 5.52 Å². The fourth-order valence-corrected chi connectivity index (χ4v) is 2.66. The molecule has 5 heteroatoms. The van der Waals surface area contributed by atoms with Crippen LogP contribution in [0, 0.1) is 0 Å². The van der Waals surface area contributed by atoms with E-state index in [2.05, 4.69) is 22.1 Å². The largest absolute Gasteiger partial charge is 0.423 e. The van der Waals surface area contributed by atoms with E-state index in [9.17, 15) is 0 Å². The minimum absolute atomic E-state index is 0.601. The standard InChI is InChI=1S/C14H18ClN3O/c1-2-11-5-7-18(8-6-16-11)14-17-12-9-10(15)3-4-13(12)19-14/h3-4,9,11,16H,2,5-8H2,1H3. The number of aromatic nitrogens is 1. The van der Waals surface area contributed by atoms with E-state index in [1.54, 1.807) is 0 Å². The van der Waals surface area contributed by atoms with Crippen LogP contribution in [0.15, 0.2) is 22.6 Å². The van der Waals surface area contributed by atoms with Gasteiger partial charge in [0, 0.05) is 30.7 Å². The minimum Gasteiger partial charge on any atom is -0.423 e. The normalized spacial score (nSPS) is 20.7. The van der Waals surface area contributed by atoms with Gasteiger partial charge in [0.25, 0.3) is 6.01 Å². The number of halogens is 1. The molecule has 1 aromatic carbocycles. The molecule has 19 heavy (non-hydrogen) atoms. The zero-order valence-electron chi connectivity index (χ0n) is 11.0. The second kappa shape index (κ2) is 5.39. The molecule has 1 N–H and O–H groups in total. The van der Waals surface area contributed by atoms with Crippen molar-refractivity contribution in [1.29, 1.82) is 0 Å². The van der Waals surface area contributed by atoms with Crippen molar-refractivity contribution < 1.29 is 4.42 Å². The number of oxazole rings is 1. The summed E-state index contributed by atoms with van der Waals surface area (Å²) in [5.41, 5.74) is 1.62. The summed E-state index contributed by atoms with van der Waals surface area (Å²) in [4.78, 5) is 6.74. The van der Waals surface area contributed by atoms with Crippen molar-refractivity contribution in [3.8, 4) is 0 Å². The molecule has 3 rings (SSSR count). The van der Waals surface area contributed by atoms with Gasteiger partial charge in [-0.05, 0) is 31.0 Å². The fraction of sp³-hybridized carbons (Fsp3) is 0.500. The molecule has 1 aromatic heterocycles. The fourth-order valence-electron chi connectivity index (χ4n) is 2.49. The number of hydrogen-bond donors (Lipinski definition) is 1. The molecule has 1 aliphatic heterocycles. The number of rotatable bonds is 2. The minimum atomic E-state index is 0.601.